The van der Waals surface area contributed by atoms with Crippen LogP contribution < -0.4 is 9.47 Å². The molecule has 1 atom stereocenters. The van der Waals surface area contributed by atoms with Crippen LogP contribution in [0.3, 0.4) is 0 Å². The standard InChI is InChI=1S/C15H23NO3/c1-16-7-6-15(10-16,11-17)9-12-8-13(18-2)4-5-14(12)19-3/h4-5,8,17H,6-7,9-11H2,1-3H3. The zero-order chi connectivity index (χ0) is 13.9. The fourth-order valence-corrected chi connectivity index (χ4v) is 2.91. The number of hydrogen-bond acceptors (Lipinski definition) is 4. The Hall–Kier alpha value is -1.26. The van der Waals surface area contributed by atoms with Crippen molar-refractivity contribution < 1.29 is 14.6 Å². The first-order valence-electron chi connectivity index (χ1n) is 6.63. The summed E-state index contributed by atoms with van der Waals surface area (Å²) in [5.41, 5.74) is 1.04. The molecule has 0 spiro atoms. The summed E-state index contributed by atoms with van der Waals surface area (Å²) in [5.74, 6) is 1.69. The number of hydrogen-bond donors (Lipinski definition) is 1. The maximum Gasteiger partial charge on any atom is 0.122 e. The lowest BCUT2D eigenvalue weighted by Gasteiger charge is -2.27. The van der Waals surface area contributed by atoms with Gasteiger partial charge in [0.15, 0.2) is 0 Å². The van der Waals surface area contributed by atoms with Crippen molar-refractivity contribution in [3.05, 3.63) is 23.8 Å². The zero-order valence-corrected chi connectivity index (χ0v) is 12.0. The third-order valence-corrected chi connectivity index (χ3v) is 4.02. The number of aliphatic hydroxyl groups is 1. The largest absolute Gasteiger partial charge is 0.497 e. The minimum Gasteiger partial charge on any atom is -0.497 e. The second-order valence-corrected chi connectivity index (χ2v) is 5.50. The SMILES string of the molecule is COc1ccc(OC)c(CC2(CO)CCN(C)C2)c1. The fraction of sp³-hybridized carbons (Fsp3) is 0.600. The molecule has 1 aliphatic heterocycles. The average Bonchev–Trinajstić information content (AvgIpc) is 2.80. The molecule has 4 nitrogen and oxygen atoms in total. The van der Waals surface area contributed by atoms with Crippen LogP contribution in [0.15, 0.2) is 18.2 Å². The number of likely N-dealkylation sites (tertiary alicyclic amines) is 1. The highest BCUT2D eigenvalue weighted by Gasteiger charge is 2.37. The molecule has 1 fully saturated rings. The van der Waals surface area contributed by atoms with Crippen molar-refractivity contribution >= 4 is 0 Å². The van der Waals surface area contributed by atoms with E-state index in [1.165, 1.54) is 0 Å². The van der Waals surface area contributed by atoms with Gasteiger partial charge in [-0.05, 0) is 50.2 Å². The van der Waals surface area contributed by atoms with Crippen molar-refractivity contribution in [2.45, 2.75) is 12.8 Å². The summed E-state index contributed by atoms with van der Waals surface area (Å²) in [6.07, 6.45) is 1.83. The smallest absolute Gasteiger partial charge is 0.122 e. The molecule has 0 amide bonds. The van der Waals surface area contributed by atoms with Crippen molar-refractivity contribution in [3.63, 3.8) is 0 Å². The average molecular weight is 265 g/mol. The van der Waals surface area contributed by atoms with E-state index in [-0.39, 0.29) is 12.0 Å². The fourth-order valence-electron chi connectivity index (χ4n) is 2.91. The Morgan fingerprint density at radius 2 is 2.11 bits per heavy atom. The second kappa shape index (κ2) is 5.80. The lowest BCUT2D eigenvalue weighted by Crippen LogP contribution is -2.31. The molecule has 0 bridgehead atoms. The van der Waals surface area contributed by atoms with Gasteiger partial charge in [0.25, 0.3) is 0 Å². The zero-order valence-electron chi connectivity index (χ0n) is 12.0. The summed E-state index contributed by atoms with van der Waals surface area (Å²) in [5, 5.41) is 9.79. The molecule has 0 aromatic heterocycles. The van der Waals surface area contributed by atoms with Gasteiger partial charge in [-0.2, -0.15) is 0 Å². The first kappa shape index (κ1) is 14.2. The predicted molar refractivity (Wildman–Crippen MR) is 74.9 cm³/mol. The summed E-state index contributed by atoms with van der Waals surface area (Å²) in [6.45, 7) is 2.16. The van der Waals surface area contributed by atoms with Crippen molar-refractivity contribution in [2.24, 2.45) is 5.41 Å². The first-order chi connectivity index (χ1) is 9.12. The van der Waals surface area contributed by atoms with Crippen molar-refractivity contribution in [1.82, 2.24) is 4.90 Å². The van der Waals surface area contributed by atoms with Gasteiger partial charge in [-0.3, -0.25) is 0 Å². The van der Waals surface area contributed by atoms with Gasteiger partial charge >= 0.3 is 0 Å². The quantitative estimate of drug-likeness (QED) is 0.877. The Kier molecular flexibility index (Phi) is 4.32. The van der Waals surface area contributed by atoms with E-state index in [0.29, 0.717) is 0 Å². The number of rotatable bonds is 5. The predicted octanol–water partition coefficient (Wildman–Crippen LogP) is 1.56. The van der Waals surface area contributed by atoms with E-state index in [1.54, 1.807) is 14.2 Å². The second-order valence-electron chi connectivity index (χ2n) is 5.50. The Bertz CT molecular complexity index is 435. The maximum absolute atomic E-state index is 9.79. The van der Waals surface area contributed by atoms with Gasteiger partial charge in [0.05, 0.1) is 20.8 Å². The van der Waals surface area contributed by atoms with E-state index in [9.17, 15) is 5.11 Å². The first-order valence-corrected chi connectivity index (χ1v) is 6.63. The minimum absolute atomic E-state index is 0.0611. The Morgan fingerprint density at radius 1 is 1.32 bits per heavy atom. The van der Waals surface area contributed by atoms with E-state index < -0.39 is 0 Å². The maximum atomic E-state index is 9.79. The van der Waals surface area contributed by atoms with Gasteiger partial charge in [-0.15, -0.1) is 0 Å². The highest BCUT2D eigenvalue weighted by Crippen LogP contribution is 2.36. The molecule has 1 unspecified atom stereocenters. The van der Waals surface area contributed by atoms with Gasteiger partial charge in [0.2, 0.25) is 0 Å². The van der Waals surface area contributed by atoms with Gasteiger partial charge in [-0.1, -0.05) is 0 Å². The van der Waals surface area contributed by atoms with E-state index in [2.05, 4.69) is 11.9 Å². The number of methoxy groups -OCH3 is 2. The van der Waals surface area contributed by atoms with Crippen LogP contribution in [0.1, 0.15) is 12.0 Å². The van der Waals surface area contributed by atoms with Crippen LogP contribution in [0.5, 0.6) is 11.5 Å². The number of aliphatic hydroxyl groups excluding tert-OH is 1. The van der Waals surface area contributed by atoms with Crippen LogP contribution >= 0.6 is 0 Å². The summed E-state index contributed by atoms with van der Waals surface area (Å²) in [6, 6.07) is 5.83. The molecule has 0 radical (unpaired) electrons. The van der Waals surface area contributed by atoms with Crippen LogP contribution in [0, 0.1) is 5.41 Å². The minimum atomic E-state index is -0.0611. The van der Waals surface area contributed by atoms with Gasteiger partial charge in [0.1, 0.15) is 11.5 Å². The molecule has 1 N–H and O–H groups in total. The molecule has 1 aromatic rings. The van der Waals surface area contributed by atoms with Crippen LogP contribution in [0.2, 0.25) is 0 Å². The highest BCUT2D eigenvalue weighted by atomic mass is 16.5. The molecular weight excluding hydrogens is 242 g/mol. The molecule has 106 valence electrons. The van der Waals surface area contributed by atoms with Crippen molar-refractivity contribution in [1.29, 1.82) is 0 Å². The topological polar surface area (TPSA) is 41.9 Å². The van der Waals surface area contributed by atoms with Crippen LogP contribution in [0.4, 0.5) is 0 Å². The van der Waals surface area contributed by atoms with Gasteiger partial charge < -0.3 is 19.5 Å². The third-order valence-electron chi connectivity index (χ3n) is 4.02. The lowest BCUT2D eigenvalue weighted by molar-refractivity contribution is 0.131. The molecule has 0 saturated carbocycles. The van der Waals surface area contributed by atoms with Crippen LogP contribution in [-0.2, 0) is 6.42 Å². The van der Waals surface area contributed by atoms with Crippen molar-refractivity contribution in [3.8, 4) is 11.5 Å². The third kappa shape index (κ3) is 3.01. The normalized spacial score (nSPS) is 23.6. The van der Waals surface area contributed by atoms with E-state index in [0.717, 1.165) is 43.0 Å². The summed E-state index contributed by atoms with van der Waals surface area (Å²) < 4.78 is 10.7. The van der Waals surface area contributed by atoms with E-state index in [1.807, 2.05) is 18.2 Å². The molecule has 4 heteroatoms. The van der Waals surface area contributed by atoms with Crippen LogP contribution in [0.25, 0.3) is 0 Å². The number of nitrogens with zero attached hydrogens (tertiary/aromatic N) is 1. The Morgan fingerprint density at radius 3 is 2.63 bits per heavy atom. The van der Waals surface area contributed by atoms with Crippen molar-refractivity contribution in [2.75, 3.05) is 41.0 Å². The molecule has 1 heterocycles. The molecule has 1 saturated heterocycles. The Balaban J connectivity index is 2.25. The monoisotopic (exact) mass is 265 g/mol. The molecule has 1 aliphatic rings. The van der Waals surface area contributed by atoms with Crippen LogP contribution in [-0.4, -0.2) is 51.0 Å². The van der Waals surface area contributed by atoms with Gasteiger partial charge in [0, 0.05) is 12.0 Å². The Labute approximate surface area is 114 Å². The molecular formula is C15H23NO3. The highest BCUT2D eigenvalue weighted by molar-refractivity contribution is 5.41. The summed E-state index contributed by atoms with van der Waals surface area (Å²) >= 11 is 0. The molecule has 0 aliphatic carbocycles. The van der Waals surface area contributed by atoms with E-state index in [4.69, 9.17) is 9.47 Å². The lowest BCUT2D eigenvalue weighted by atomic mass is 9.81. The van der Waals surface area contributed by atoms with E-state index >= 15 is 0 Å². The summed E-state index contributed by atoms with van der Waals surface area (Å²) in [7, 11) is 5.44. The molecule has 1 aromatic carbocycles. The number of benzene rings is 1. The molecule has 19 heavy (non-hydrogen) atoms. The summed E-state index contributed by atoms with van der Waals surface area (Å²) in [4.78, 5) is 2.27. The van der Waals surface area contributed by atoms with Gasteiger partial charge in [-0.25, -0.2) is 0 Å². The number of ether oxygens (including phenoxy) is 2. The molecule has 2 rings (SSSR count).